The molecule has 1 aromatic heterocycles. The highest BCUT2D eigenvalue weighted by Gasteiger charge is 2.19. The number of carbonyl (C=O) groups excluding carboxylic acids is 1. The van der Waals surface area contributed by atoms with Crippen molar-refractivity contribution in [2.45, 2.75) is 39.8 Å². The minimum absolute atomic E-state index is 0.470. The highest BCUT2D eigenvalue weighted by atomic mass is 16.6. The van der Waals surface area contributed by atoms with Crippen molar-refractivity contribution in [2.75, 3.05) is 12.4 Å². The van der Waals surface area contributed by atoms with Crippen LogP contribution in [0.3, 0.4) is 0 Å². The van der Waals surface area contributed by atoms with Crippen molar-refractivity contribution in [1.29, 1.82) is 0 Å². The van der Waals surface area contributed by atoms with Gasteiger partial charge in [-0.1, -0.05) is 5.21 Å². The van der Waals surface area contributed by atoms with E-state index in [0.29, 0.717) is 23.5 Å². The topological polar surface area (TPSA) is 78.3 Å². The van der Waals surface area contributed by atoms with Gasteiger partial charge in [0.2, 0.25) is 0 Å². The highest BCUT2D eigenvalue weighted by molar-refractivity contribution is 5.94. The minimum atomic E-state index is -0.563. The van der Waals surface area contributed by atoms with Gasteiger partial charge in [-0.3, -0.25) is 5.32 Å². The Morgan fingerprint density at radius 1 is 1.38 bits per heavy atom. The number of benzene rings is 1. The van der Waals surface area contributed by atoms with Gasteiger partial charge in [-0.2, -0.15) is 0 Å². The first-order valence-corrected chi connectivity index (χ1v) is 6.76. The number of rotatable bonds is 3. The molecule has 7 nitrogen and oxygen atoms in total. The van der Waals surface area contributed by atoms with E-state index in [4.69, 9.17) is 9.47 Å². The van der Waals surface area contributed by atoms with Crippen LogP contribution >= 0.6 is 0 Å². The van der Waals surface area contributed by atoms with Gasteiger partial charge in [-0.15, -0.1) is 5.10 Å². The zero-order valence-electron chi connectivity index (χ0n) is 12.9. The van der Waals surface area contributed by atoms with E-state index >= 15 is 0 Å². The van der Waals surface area contributed by atoms with E-state index in [1.54, 1.807) is 31.5 Å². The molecular formula is C14H20N4O3. The maximum atomic E-state index is 11.9. The fraction of sp³-hybridized carbons (Fsp3) is 0.500. The minimum Gasteiger partial charge on any atom is -0.492 e. The Morgan fingerprint density at radius 2 is 2.10 bits per heavy atom. The molecule has 7 heteroatoms. The molecule has 0 unspecified atom stereocenters. The molecule has 0 saturated carbocycles. The molecule has 0 spiro atoms. The molecule has 0 aliphatic rings. The zero-order chi connectivity index (χ0) is 15.6. The summed E-state index contributed by atoms with van der Waals surface area (Å²) in [7, 11) is 1.53. The number of ether oxygens (including phenoxy) is 2. The van der Waals surface area contributed by atoms with Crippen LogP contribution in [0.2, 0.25) is 0 Å². The highest BCUT2D eigenvalue weighted by Crippen LogP contribution is 2.32. The largest absolute Gasteiger partial charge is 0.492 e. The van der Waals surface area contributed by atoms with E-state index in [2.05, 4.69) is 15.6 Å². The summed E-state index contributed by atoms with van der Waals surface area (Å²) in [6.07, 6.45) is -0.539. The van der Waals surface area contributed by atoms with Gasteiger partial charge in [0.05, 0.1) is 18.3 Å². The second-order valence-corrected chi connectivity index (χ2v) is 5.55. The smallest absolute Gasteiger partial charge is 0.412 e. The molecule has 2 aromatic rings. The average Bonchev–Trinajstić information content (AvgIpc) is 2.79. The molecule has 0 fully saturated rings. The third-order valence-electron chi connectivity index (χ3n) is 2.78. The number of aryl methyl sites for hydroxylation is 1. The summed E-state index contributed by atoms with van der Waals surface area (Å²) in [5, 5.41) is 10.8. The Balaban J connectivity index is 2.34. The number of nitrogens with zero attached hydrogens (tertiary/aromatic N) is 3. The summed E-state index contributed by atoms with van der Waals surface area (Å²) >= 11 is 0. The predicted octanol–water partition coefficient (Wildman–Crippen LogP) is 2.81. The molecule has 1 N–H and O–H groups in total. The standard InChI is InChI=1S/C14H20N4O3/c1-6-18-10-8-7-9(12(20-5)11(10)16-17-18)15-13(19)21-14(2,3)4/h7-8H,6H2,1-5H3,(H,15,19). The van der Waals surface area contributed by atoms with E-state index in [1.165, 1.54) is 7.11 Å². The van der Waals surface area contributed by atoms with Gasteiger partial charge in [-0.25, -0.2) is 9.48 Å². The Kier molecular flexibility index (Phi) is 4.02. The van der Waals surface area contributed by atoms with Crippen molar-refractivity contribution in [3.8, 4) is 5.75 Å². The summed E-state index contributed by atoms with van der Waals surface area (Å²) in [5.41, 5.74) is 1.40. The van der Waals surface area contributed by atoms with Crippen molar-refractivity contribution >= 4 is 22.8 Å². The van der Waals surface area contributed by atoms with Crippen LogP contribution in [0.5, 0.6) is 5.75 Å². The van der Waals surface area contributed by atoms with Crippen LogP contribution in [0.25, 0.3) is 11.0 Å². The van der Waals surface area contributed by atoms with E-state index in [9.17, 15) is 4.79 Å². The lowest BCUT2D eigenvalue weighted by Gasteiger charge is -2.20. The van der Waals surface area contributed by atoms with E-state index in [0.717, 1.165) is 5.52 Å². The van der Waals surface area contributed by atoms with Gasteiger partial charge in [0.15, 0.2) is 11.3 Å². The lowest BCUT2D eigenvalue weighted by Crippen LogP contribution is -2.27. The summed E-state index contributed by atoms with van der Waals surface area (Å²) in [6, 6.07) is 3.59. The number of hydrogen-bond acceptors (Lipinski definition) is 5. The monoisotopic (exact) mass is 292 g/mol. The van der Waals surface area contributed by atoms with E-state index < -0.39 is 11.7 Å². The Morgan fingerprint density at radius 3 is 2.67 bits per heavy atom. The molecule has 21 heavy (non-hydrogen) atoms. The van der Waals surface area contributed by atoms with Crippen molar-refractivity contribution in [1.82, 2.24) is 15.0 Å². The van der Waals surface area contributed by atoms with Gasteiger partial charge in [0, 0.05) is 6.54 Å². The molecule has 0 aliphatic heterocycles. The summed E-state index contributed by atoms with van der Waals surface area (Å²) < 4.78 is 12.4. The number of anilines is 1. The van der Waals surface area contributed by atoms with Gasteiger partial charge >= 0.3 is 6.09 Å². The lowest BCUT2D eigenvalue weighted by molar-refractivity contribution is 0.0635. The number of nitrogens with one attached hydrogen (secondary N) is 1. The Hall–Kier alpha value is -2.31. The molecule has 0 atom stereocenters. The maximum Gasteiger partial charge on any atom is 0.412 e. The Labute approximate surface area is 123 Å². The molecule has 114 valence electrons. The van der Waals surface area contributed by atoms with Crippen molar-refractivity contribution in [3.05, 3.63) is 12.1 Å². The predicted molar refractivity (Wildman–Crippen MR) is 79.6 cm³/mol. The third kappa shape index (κ3) is 3.24. The molecule has 0 radical (unpaired) electrons. The van der Waals surface area contributed by atoms with Crippen LogP contribution in [0.1, 0.15) is 27.7 Å². The lowest BCUT2D eigenvalue weighted by atomic mass is 10.2. The zero-order valence-corrected chi connectivity index (χ0v) is 12.9. The first kappa shape index (κ1) is 15.1. The molecule has 1 amide bonds. The second kappa shape index (κ2) is 5.59. The van der Waals surface area contributed by atoms with Crippen molar-refractivity contribution in [2.24, 2.45) is 0 Å². The number of fused-ring (bicyclic) bond motifs is 1. The summed E-state index contributed by atoms with van der Waals surface area (Å²) in [5.74, 6) is 0.470. The summed E-state index contributed by atoms with van der Waals surface area (Å²) in [6.45, 7) is 8.10. The van der Waals surface area contributed by atoms with E-state index in [1.807, 2.05) is 13.0 Å². The average molecular weight is 292 g/mol. The fourth-order valence-corrected chi connectivity index (χ4v) is 1.96. The molecule has 2 rings (SSSR count). The molecule has 0 saturated heterocycles. The number of hydrogen-bond donors (Lipinski definition) is 1. The van der Waals surface area contributed by atoms with Crippen LogP contribution in [0, 0.1) is 0 Å². The summed E-state index contributed by atoms with van der Waals surface area (Å²) in [4.78, 5) is 11.9. The van der Waals surface area contributed by atoms with Gasteiger partial charge < -0.3 is 9.47 Å². The SMILES string of the molecule is CCn1nnc2c(OC)c(NC(=O)OC(C)(C)C)ccc21. The number of carbonyl (C=O) groups is 1. The molecular weight excluding hydrogens is 272 g/mol. The van der Waals surface area contributed by atoms with Gasteiger partial charge in [0.1, 0.15) is 5.60 Å². The quantitative estimate of drug-likeness (QED) is 0.941. The van der Waals surface area contributed by atoms with E-state index in [-0.39, 0.29) is 0 Å². The normalized spacial score (nSPS) is 11.5. The van der Waals surface area contributed by atoms with Gasteiger partial charge in [-0.05, 0) is 39.8 Å². The van der Waals surface area contributed by atoms with Crippen LogP contribution in [0.15, 0.2) is 12.1 Å². The number of methoxy groups -OCH3 is 1. The van der Waals surface area contributed by atoms with Crippen molar-refractivity contribution in [3.63, 3.8) is 0 Å². The van der Waals surface area contributed by atoms with Crippen LogP contribution < -0.4 is 10.1 Å². The van der Waals surface area contributed by atoms with Crippen molar-refractivity contribution < 1.29 is 14.3 Å². The maximum absolute atomic E-state index is 11.9. The second-order valence-electron chi connectivity index (χ2n) is 5.55. The molecule has 1 heterocycles. The fourth-order valence-electron chi connectivity index (χ4n) is 1.96. The number of amides is 1. The van der Waals surface area contributed by atoms with Gasteiger partial charge in [0.25, 0.3) is 0 Å². The first-order valence-electron chi connectivity index (χ1n) is 6.76. The molecule has 0 aliphatic carbocycles. The molecule has 0 bridgehead atoms. The van der Waals surface area contributed by atoms with Crippen LogP contribution in [0.4, 0.5) is 10.5 Å². The van der Waals surface area contributed by atoms with Crippen LogP contribution in [-0.4, -0.2) is 33.8 Å². The number of aromatic nitrogens is 3. The first-order chi connectivity index (χ1) is 9.85. The van der Waals surface area contributed by atoms with Crippen LogP contribution in [-0.2, 0) is 11.3 Å². The Bertz CT molecular complexity index is 658. The molecule has 1 aromatic carbocycles. The third-order valence-corrected chi connectivity index (χ3v) is 2.78.